The minimum Gasteiger partial charge on any atom is -0.493 e. The Morgan fingerprint density at radius 2 is 1.39 bits per heavy atom. The van der Waals surface area contributed by atoms with Crippen molar-refractivity contribution < 1.29 is 14.2 Å². The van der Waals surface area contributed by atoms with Gasteiger partial charge in [-0.3, -0.25) is 0 Å². The Kier molecular flexibility index (Phi) is 11.7. The number of aromatic nitrogens is 2. The zero-order chi connectivity index (χ0) is 29.0. The molecule has 0 aliphatic carbocycles. The van der Waals surface area contributed by atoms with Crippen molar-refractivity contribution in [3.05, 3.63) is 65.7 Å². The summed E-state index contributed by atoms with van der Waals surface area (Å²) < 4.78 is 18.5. The molecule has 0 radical (unpaired) electrons. The molecule has 0 saturated heterocycles. The van der Waals surface area contributed by atoms with E-state index in [9.17, 15) is 0 Å². The second-order valence-electron chi connectivity index (χ2n) is 9.94. The van der Waals surface area contributed by atoms with E-state index in [4.69, 9.17) is 30.8 Å². The average Bonchev–Trinajstić information content (AvgIpc) is 3.43. The standard InChI is InChI=1S/C33H43ClN4O3/c1-5-37(6-2)18-10-20-39-29-23-30-32(31(24-29)40-21-11-19-38(7-3)8-4)36-33(35-30)25-12-9-13-28(22-25)41-27-16-14-26(34)15-17-27/h9,12-17,22-24H,5-8,10-11,18-21H2,1-4H3,(H,35,36). The van der Waals surface area contributed by atoms with Crippen molar-refractivity contribution in [2.45, 2.75) is 40.5 Å². The summed E-state index contributed by atoms with van der Waals surface area (Å²) >= 11 is 6.02. The second kappa shape index (κ2) is 15.7. The van der Waals surface area contributed by atoms with Crippen LogP contribution < -0.4 is 14.2 Å². The van der Waals surface area contributed by atoms with Crippen LogP contribution in [0.15, 0.2) is 60.7 Å². The first-order valence-electron chi connectivity index (χ1n) is 14.8. The van der Waals surface area contributed by atoms with Crippen molar-refractivity contribution >= 4 is 22.6 Å². The van der Waals surface area contributed by atoms with Gasteiger partial charge >= 0.3 is 0 Å². The van der Waals surface area contributed by atoms with Gasteiger partial charge in [-0.1, -0.05) is 51.4 Å². The molecule has 4 aromatic rings. The molecule has 7 nitrogen and oxygen atoms in total. The molecule has 0 unspecified atom stereocenters. The van der Waals surface area contributed by atoms with E-state index in [1.807, 2.05) is 60.7 Å². The Labute approximate surface area is 249 Å². The zero-order valence-electron chi connectivity index (χ0n) is 24.8. The van der Waals surface area contributed by atoms with Crippen LogP contribution in [0.2, 0.25) is 5.02 Å². The van der Waals surface area contributed by atoms with E-state index in [0.717, 1.165) is 97.5 Å². The quantitative estimate of drug-likeness (QED) is 0.128. The van der Waals surface area contributed by atoms with Gasteiger partial charge in [0.05, 0.1) is 18.7 Å². The van der Waals surface area contributed by atoms with Crippen LogP contribution in [-0.2, 0) is 0 Å². The third kappa shape index (κ3) is 8.86. The molecule has 1 aromatic heterocycles. The van der Waals surface area contributed by atoms with Crippen LogP contribution in [0.1, 0.15) is 40.5 Å². The summed E-state index contributed by atoms with van der Waals surface area (Å²) in [5.74, 6) is 3.70. The molecule has 0 atom stereocenters. The van der Waals surface area contributed by atoms with Crippen LogP contribution in [0.25, 0.3) is 22.4 Å². The summed E-state index contributed by atoms with van der Waals surface area (Å²) in [7, 11) is 0. The Balaban J connectivity index is 1.54. The van der Waals surface area contributed by atoms with Crippen LogP contribution in [-0.4, -0.2) is 72.3 Å². The van der Waals surface area contributed by atoms with Crippen LogP contribution >= 0.6 is 11.6 Å². The first-order valence-corrected chi connectivity index (χ1v) is 15.2. The molecule has 220 valence electrons. The van der Waals surface area contributed by atoms with Crippen molar-refractivity contribution in [2.24, 2.45) is 0 Å². The third-order valence-electron chi connectivity index (χ3n) is 7.23. The summed E-state index contributed by atoms with van der Waals surface area (Å²) in [5, 5.41) is 0.673. The molecular weight excluding hydrogens is 536 g/mol. The largest absolute Gasteiger partial charge is 0.493 e. The number of nitrogens with zero attached hydrogens (tertiary/aromatic N) is 3. The molecule has 0 aliphatic rings. The molecule has 0 amide bonds. The van der Waals surface area contributed by atoms with Crippen molar-refractivity contribution in [3.63, 3.8) is 0 Å². The average molecular weight is 579 g/mol. The van der Waals surface area contributed by atoms with Gasteiger partial charge in [0.2, 0.25) is 0 Å². The van der Waals surface area contributed by atoms with E-state index in [0.29, 0.717) is 18.2 Å². The first kappa shape index (κ1) is 30.7. The van der Waals surface area contributed by atoms with Crippen LogP contribution in [0.4, 0.5) is 0 Å². The van der Waals surface area contributed by atoms with Gasteiger partial charge in [0, 0.05) is 35.8 Å². The molecule has 0 bridgehead atoms. The van der Waals surface area contributed by atoms with Gasteiger partial charge in [-0.2, -0.15) is 0 Å². The summed E-state index contributed by atoms with van der Waals surface area (Å²) in [6.45, 7) is 16.2. The maximum absolute atomic E-state index is 6.31. The van der Waals surface area contributed by atoms with Gasteiger partial charge in [-0.05, 0) is 75.4 Å². The maximum Gasteiger partial charge on any atom is 0.150 e. The number of H-pyrrole nitrogens is 1. The number of hydrogen-bond acceptors (Lipinski definition) is 6. The number of fused-ring (bicyclic) bond motifs is 1. The molecule has 41 heavy (non-hydrogen) atoms. The predicted octanol–water partition coefficient (Wildman–Crippen LogP) is 7.90. The van der Waals surface area contributed by atoms with Crippen LogP contribution in [0.3, 0.4) is 0 Å². The SMILES string of the molecule is CCN(CC)CCCOc1cc(OCCCN(CC)CC)c2nc(-c3cccc(Oc4ccc(Cl)cc4)c3)[nH]c2c1. The normalized spacial score (nSPS) is 11.5. The zero-order valence-corrected chi connectivity index (χ0v) is 25.5. The second-order valence-corrected chi connectivity index (χ2v) is 10.4. The minimum absolute atomic E-state index is 0.615. The summed E-state index contributed by atoms with van der Waals surface area (Å²) in [4.78, 5) is 13.2. The topological polar surface area (TPSA) is 62.9 Å². The fraction of sp³-hybridized carbons (Fsp3) is 0.424. The number of rotatable bonds is 17. The van der Waals surface area contributed by atoms with E-state index in [1.54, 1.807) is 0 Å². The highest BCUT2D eigenvalue weighted by Crippen LogP contribution is 2.34. The van der Waals surface area contributed by atoms with Gasteiger partial charge in [-0.25, -0.2) is 4.98 Å². The van der Waals surface area contributed by atoms with Crippen molar-refractivity contribution in [1.29, 1.82) is 0 Å². The van der Waals surface area contributed by atoms with E-state index < -0.39 is 0 Å². The Morgan fingerprint density at radius 3 is 2.05 bits per heavy atom. The highest BCUT2D eigenvalue weighted by atomic mass is 35.5. The van der Waals surface area contributed by atoms with Crippen molar-refractivity contribution in [3.8, 4) is 34.4 Å². The lowest BCUT2D eigenvalue weighted by molar-refractivity contribution is 0.243. The van der Waals surface area contributed by atoms with Crippen LogP contribution in [0.5, 0.6) is 23.0 Å². The lowest BCUT2D eigenvalue weighted by Crippen LogP contribution is -2.25. The third-order valence-corrected chi connectivity index (χ3v) is 7.49. The lowest BCUT2D eigenvalue weighted by atomic mass is 10.2. The van der Waals surface area contributed by atoms with Gasteiger partial charge in [0.15, 0.2) is 5.75 Å². The predicted molar refractivity (Wildman–Crippen MR) is 169 cm³/mol. The highest BCUT2D eigenvalue weighted by molar-refractivity contribution is 6.30. The summed E-state index contributed by atoms with van der Waals surface area (Å²) in [6.07, 6.45) is 1.91. The molecule has 3 aromatic carbocycles. The number of aromatic amines is 1. The minimum atomic E-state index is 0.615. The van der Waals surface area contributed by atoms with Gasteiger partial charge in [-0.15, -0.1) is 0 Å². The van der Waals surface area contributed by atoms with Gasteiger partial charge in [0.1, 0.15) is 28.6 Å². The van der Waals surface area contributed by atoms with E-state index in [-0.39, 0.29) is 0 Å². The molecule has 8 heteroatoms. The van der Waals surface area contributed by atoms with Gasteiger partial charge < -0.3 is 29.0 Å². The number of hydrogen-bond donors (Lipinski definition) is 1. The van der Waals surface area contributed by atoms with Crippen molar-refractivity contribution in [2.75, 3.05) is 52.5 Å². The first-order chi connectivity index (χ1) is 20.0. The molecule has 0 aliphatic heterocycles. The highest BCUT2D eigenvalue weighted by Gasteiger charge is 2.14. The number of imidazole rings is 1. The Morgan fingerprint density at radius 1 is 0.732 bits per heavy atom. The monoisotopic (exact) mass is 578 g/mol. The summed E-state index contributed by atoms with van der Waals surface area (Å²) in [6, 6.07) is 19.2. The molecular formula is C33H43ClN4O3. The number of halogens is 1. The number of nitrogens with one attached hydrogen (secondary N) is 1. The molecule has 0 fully saturated rings. The van der Waals surface area contributed by atoms with Crippen LogP contribution in [0, 0.1) is 0 Å². The molecule has 4 rings (SSSR count). The van der Waals surface area contributed by atoms with Gasteiger partial charge in [0.25, 0.3) is 0 Å². The van der Waals surface area contributed by atoms with E-state index >= 15 is 0 Å². The molecule has 1 heterocycles. The fourth-order valence-electron chi connectivity index (χ4n) is 4.76. The Bertz CT molecular complexity index is 1350. The molecule has 0 saturated carbocycles. The molecule has 0 spiro atoms. The van der Waals surface area contributed by atoms with Crippen molar-refractivity contribution in [1.82, 2.24) is 19.8 Å². The number of benzene rings is 3. The molecule has 1 N–H and O–H groups in total. The number of ether oxygens (including phenoxy) is 3. The smallest absolute Gasteiger partial charge is 0.150 e. The Hall–Kier alpha value is -3.26. The van der Waals surface area contributed by atoms with E-state index in [1.165, 1.54) is 0 Å². The van der Waals surface area contributed by atoms with E-state index in [2.05, 4.69) is 42.5 Å². The lowest BCUT2D eigenvalue weighted by Gasteiger charge is -2.18. The fourth-order valence-corrected chi connectivity index (χ4v) is 4.89. The maximum atomic E-state index is 6.31. The summed E-state index contributed by atoms with van der Waals surface area (Å²) in [5.41, 5.74) is 2.59.